The highest BCUT2D eigenvalue weighted by Gasteiger charge is 2.43. The van der Waals surface area contributed by atoms with Crippen LogP contribution in [-0.2, 0) is 17.1 Å². The van der Waals surface area contributed by atoms with Crippen molar-refractivity contribution in [3.05, 3.63) is 59.2 Å². The Bertz CT molecular complexity index is 799. The zero-order valence-electron chi connectivity index (χ0n) is 14.0. The second-order valence-corrected chi connectivity index (χ2v) is 6.88. The highest BCUT2D eigenvalue weighted by atomic mass is 32.2. The van der Waals surface area contributed by atoms with Crippen molar-refractivity contribution < 1.29 is 31.1 Å². The Morgan fingerprint density at radius 3 is 2.07 bits per heavy atom. The van der Waals surface area contributed by atoms with Gasteiger partial charge in [0.25, 0.3) is 0 Å². The lowest BCUT2D eigenvalue weighted by Crippen LogP contribution is -2.18. The Morgan fingerprint density at radius 2 is 1.52 bits per heavy atom. The molecule has 27 heavy (non-hydrogen) atoms. The molecule has 1 N–H and O–H groups in total. The van der Waals surface area contributed by atoms with Crippen LogP contribution in [0.4, 0.5) is 32.0 Å². The van der Waals surface area contributed by atoms with Crippen molar-refractivity contribution >= 4 is 23.4 Å². The zero-order valence-corrected chi connectivity index (χ0v) is 14.9. The molecule has 0 aliphatic rings. The smallest absolute Gasteiger partial charge is 0.326 e. The number of amides is 1. The number of aryl methyl sites for hydroxylation is 1. The molecule has 0 spiro atoms. The van der Waals surface area contributed by atoms with Crippen molar-refractivity contribution in [2.75, 3.05) is 11.1 Å². The third-order valence-corrected chi connectivity index (χ3v) is 4.55. The number of carbonyl (C=O) groups is 1. The average molecular weight is 407 g/mol. The number of anilines is 1. The number of rotatable bonds is 5. The normalized spacial score (nSPS) is 12.1. The molecule has 0 fully saturated rings. The Kier molecular flexibility index (Phi) is 6.46. The topological polar surface area (TPSA) is 29.1 Å². The molecule has 0 heterocycles. The highest BCUT2D eigenvalue weighted by Crippen LogP contribution is 2.41. The summed E-state index contributed by atoms with van der Waals surface area (Å²) in [5.74, 6) is -0.204. The van der Waals surface area contributed by atoms with Gasteiger partial charge in [0.15, 0.2) is 0 Å². The summed E-state index contributed by atoms with van der Waals surface area (Å²) in [7, 11) is 0. The van der Waals surface area contributed by atoms with Gasteiger partial charge >= 0.3 is 12.4 Å². The van der Waals surface area contributed by atoms with E-state index in [1.54, 1.807) is 0 Å². The van der Waals surface area contributed by atoms with Crippen LogP contribution in [0.3, 0.4) is 0 Å². The van der Waals surface area contributed by atoms with Gasteiger partial charge in [-0.3, -0.25) is 4.79 Å². The van der Waals surface area contributed by atoms with Gasteiger partial charge < -0.3 is 5.32 Å². The molecule has 0 unspecified atom stereocenters. The van der Waals surface area contributed by atoms with Crippen LogP contribution < -0.4 is 5.32 Å². The number of thioether (sulfide) groups is 1. The van der Waals surface area contributed by atoms with Gasteiger partial charge in [0.2, 0.25) is 5.91 Å². The van der Waals surface area contributed by atoms with E-state index in [1.165, 1.54) is 11.8 Å². The Hall–Kier alpha value is -2.16. The number of hydrogen-bond acceptors (Lipinski definition) is 2. The van der Waals surface area contributed by atoms with Gasteiger partial charge in [0.05, 0.1) is 11.1 Å². The van der Waals surface area contributed by atoms with Gasteiger partial charge in [-0.2, -0.15) is 26.3 Å². The van der Waals surface area contributed by atoms with Crippen LogP contribution in [0.2, 0.25) is 0 Å². The summed E-state index contributed by atoms with van der Waals surface area (Å²) >= 11 is 1.39. The van der Waals surface area contributed by atoms with Crippen molar-refractivity contribution in [2.45, 2.75) is 30.6 Å². The first-order valence-corrected chi connectivity index (χ1v) is 8.73. The van der Waals surface area contributed by atoms with E-state index in [4.69, 9.17) is 0 Å². The van der Waals surface area contributed by atoms with Crippen LogP contribution in [-0.4, -0.2) is 11.7 Å². The molecule has 0 saturated carbocycles. The molecule has 2 nitrogen and oxygen atoms in total. The molecule has 146 valence electrons. The molecular weight excluding hydrogens is 392 g/mol. The van der Waals surface area contributed by atoms with Gasteiger partial charge in [0, 0.05) is 22.8 Å². The maximum Gasteiger partial charge on any atom is 0.417 e. The molecule has 2 aromatic carbocycles. The van der Waals surface area contributed by atoms with Crippen molar-refractivity contribution in [1.82, 2.24) is 0 Å². The zero-order chi connectivity index (χ0) is 20.2. The minimum Gasteiger partial charge on any atom is -0.326 e. The van der Waals surface area contributed by atoms with Gasteiger partial charge in [-0.05, 0) is 37.3 Å². The molecule has 0 aromatic heterocycles. The maximum absolute atomic E-state index is 12.9. The monoisotopic (exact) mass is 407 g/mol. The number of halogens is 6. The first kappa shape index (κ1) is 21.1. The van der Waals surface area contributed by atoms with Crippen LogP contribution in [0.5, 0.6) is 0 Å². The third-order valence-electron chi connectivity index (χ3n) is 3.53. The molecule has 0 bridgehead atoms. The predicted molar refractivity (Wildman–Crippen MR) is 91.6 cm³/mol. The summed E-state index contributed by atoms with van der Waals surface area (Å²) in [4.78, 5) is 12.8. The van der Waals surface area contributed by atoms with E-state index >= 15 is 0 Å². The maximum atomic E-state index is 12.9. The number of alkyl halides is 6. The van der Waals surface area contributed by atoms with E-state index in [2.05, 4.69) is 5.32 Å². The second kappa shape index (κ2) is 8.24. The van der Waals surface area contributed by atoms with E-state index in [1.807, 2.05) is 31.2 Å². The fraction of sp³-hybridized carbons (Fsp3) is 0.278. The molecular formula is C18H15F6NOS. The molecule has 1 amide bonds. The summed E-state index contributed by atoms with van der Waals surface area (Å²) in [5, 5.41) is 2.21. The number of hydrogen-bond donors (Lipinski definition) is 1. The van der Waals surface area contributed by atoms with Gasteiger partial charge in [-0.1, -0.05) is 17.7 Å². The standard InChI is InChI=1S/C18H15F6NOS/c1-11-2-5-13(6-3-11)27-9-8-16(26)25-12-4-7-14(17(19,20)21)15(10-12)18(22,23)24/h2-7,10H,8-9H2,1H3,(H,25,26). The summed E-state index contributed by atoms with van der Waals surface area (Å²) in [6, 6.07) is 9.00. The molecule has 0 aliphatic carbocycles. The summed E-state index contributed by atoms with van der Waals surface area (Å²) in [6.45, 7) is 1.93. The largest absolute Gasteiger partial charge is 0.417 e. The lowest BCUT2D eigenvalue weighted by molar-refractivity contribution is -0.162. The number of carbonyl (C=O) groups excluding carboxylic acids is 1. The summed E-state index contributed by atoms with van der Waals surface area (Å²) in [5.41, 5.74) is -2.87. The molecule has 2 rings (SSSR count). The van der Waals surface area contributed by atoms with E-state index in [9.17, 15) is 31.1 Å². The van der Waals surface area contributed by atoms with Crippen molar-refractivity contribution in [3.63, 3.8) is 0 Å². The Labute approximate surface area is 156 Å². The van der Waals surface area contributed by atoms with Gasteiger partial charge in [-0.15, -0.1) is 11.8 Å². The lowest BCUT2D eigenvalue weighted by Gasteiger charge is -2.17. The fourth-order valence-electron chi connectivity index (χ4n) is 2.22. The SMILES string of the molecule is Cc1ccc(SCCC(=O)Nc2ccc(C(F)(F)F)c(C(F)(F)F)c2)cc1. The fourth-order valence-corrected chi connectivity index (χ4v) is 3.07. The summed E-state index contributed by atoms with van der Waals surface area (Å²) < 4.78 is 76.9. The van der Waals surface area contributed by atoms with Crippen LogP contribution in [0.25, 0.3) is 0 Å². The first-order valence-electron chi connectivity index (χ1n) is 7.74. The molecule has 0 aliphatic heterocycles. The van der Waals surface area contributed by atoms with E-state index in [0.717, 1.165) is 16.5 Å². The van der Waals surface area contributed by atoms with E-state index in [-0.39, 0.29) is 12.1 Å². The third kappa shape index (κ3) is 6.20. The minimum atomic E-state index is -5.19. The Balaban J connectivity index is 2.01. The molecule has 0 radical (unpaired) electrons. The van der Waals surface area contributed by atoms with Crippen LogP contribution in [0.1, 0.15) is 23.1 Å². The predicted octanol–water partition coefficient (Wildman–Crippen LogP) is 6.15. The first-order chi connectivity index (χ1) is 12.5. The van der Waals surface area contributed by atoms with E-state index in [0.29, 0.717) is 17.9 Å². The minimum absolute atomic E-state index is 0.000909. The molecule has 0 saturated heterocycles. The summed E-state index contributed by atoms with van der Waals surface area (Å²) in [6.07, 6.45) is -10.3. The molecule has 9 heteroatoms. The van der Waals surface area contributed by atoms with Crippen molar-refractivity contribution in [3.8, 4) is 0 Å². The second-order valence-electron chi connectivity index (χ2n) is 5.72. The highest BCUT2D eigenvalue weighted by molar-refractivity contribution is 7.99. The van der Waals surface area contributed by atoms with Gasteiger partial charge in [0.1, 0.15) is 0 Å². The average Bonchev–Trinajstić information content (AvgIpc) is 2.55. The molecule has 2 aromatic rings. The van der Waals surface area contributed by atoms with Crippen LogP contribution >= 0.6 is 11.8 Å². The Morgan fingerprint density at radius 1 is 0.926 bits per heavy atom. The van der Waals surface area contributed by atoms with Crippen LogP contribution in [0.15, 0.2) is 47.4 Å². The molecule has 0 atom stereocenters. The number of benzene rings is 2. The number of nitrogens with one attached hydrogen (secondary N) is 1. The lowest BCUT2D eigenvalue weighted by atomic mass is 10.1. The van der Waals surface area contributed by atoms with E-state index < -0.39 is 29.4 Å². The quantitative estimate of drug-likeness (QED) is 0.476. The van der Waals surface area contributed by atoms with Crippen LogP contribution in [0, 0.1) is 6.92 Å². The van der Waals surface area contributed by atoms with Gasteiger partial charge in [-0.25, -0.2) is 0 Å². The van der Waals surface area contributed by atoms with Crippen molar-refractivity contribution in [2.24, 2.45) is 0 Å². The van der Waals surface area contributed by atoms with Crippen molar-refractivity contribution in [1.29, 1.82) is 0 Å².